The highest BCUT2D eigenvalue weighted by Crippen LogP contribution is 2.44. The lowest BCUT2D eigenvalue weighted by atomic mass is 9.79. The van der Waals surface area contributed by atoms with Gasteiger partial charge in [0.25, 0.3) is 0 Å². The van der Waals surface area contributed by atoms with Crippen LogP contribution in [0.1, 0.15) is 24.0 Å². The molecule has 2 unspecified atom stereocenters. The van der Waals surface area contributed by atoms with E-state index < -0.39 is 5.60 Å². The number of ether oxygens (including phenoxy) is 1. The van der Waals surface area contributed by atoms with Crippen LogP contribution >= 0.6 is 0 Å². The van der Waals surface area contributed by atoms with Crippen molar-refractivity contribution in [3.05, 3.63) is 23.3 Å². The third-order valence-corrected chi connectivity index (χ3v) is 4.59. The quantitative estimate of drug-likeness (QED) is 0.615. The number of nitrogens with two attached hydrogens (primary N) is 1. The van der Waals surface area contributed by atoms with Crippen molar-refractivity contribution in [1.29, 1.82) is 0 Å². The van der Waals surface area contributed by atoms with Crippen molar-refractivity contribution in [2.24, 2.45) is 11.7 Å². The summed E-state index contributed by atoms with van der Waals surface area (Å²) in [5.41, 5.74) is 7.22. The van der Waals surface area contributed by atoms with Gasteiger partial charge in [0.1, 0.15) is 5.60 Å². The minimum absolute atomic E-state index is 0.0202. The van der Waals surface area contributed by atoms with Gasteiger partial charge >= 0.3 is 0 Å². The standard InChI is InChI=1S/C15H22N2O3/c16-9-15(7-10-3-5-17-8-10)12-1-2-13(18)14(19)11(12)4-6-20-15/h1-2,10,17-19H,3-9,16H2. The fourth-order valence-electron chi connectivity index (χ4n) is 3.51. The van der Waals surface area contributed by atoms with Crippen LogP contribution in [0.15, 0.2) is 12.1 Å². The summed E-state index contributed by atoms with van der Waals surface area (Å²) in [6, 6.07) is 3.37. The van der Waals surface area contributed by atoms with E-state index in [2.05, 4.69) is 5.32 Å². The minimum atomic E-state index is -0.532. The Bertz CT molecular complexity index is 500. The maximum absolute atomic E-state index is 10.1. The summed E-state index contributed by atoms with van der Waals surface area (Å²) in [4.78, 5) is 0. The van der Waals surface area contributed by atoms with Crippen LogP contribution in [0.5, 0.6) is 11.5 Å². The average Bonchev–Trinajstić information content (AvgIpc) is 2.96. The first-order valence-electron chi connectivity index (χ1n) is 7.25. The van der Waals surface area contributed by atoms with E-state index in [1.807, 2.05) is 6.07 Å². The van der Waals surface area contributed by atoms with Crippen molar-refractivity contribution in [2.45, 2.75) is 24.9 Å². The molecule has 2 aliphatic rings. The Balaban J connectivity index is 1.99. The normalized spacial score (nSPS) is 29.4. The van der Waals surface area contributed by atoms with E-state index in [4.69, 9.17) is 10.5 Å². The van der Waals surface area contributed by atoms with Crippen LogP contribution in [0.25, 0.3) is 0 Å². The van der Waals surface area contributed by atoms with Crippen molar-refractivity contribution in [3.8, 4) is 11.5 Å². The molecule has 0 saturated carbocycles. The number of nitrogens with one attached hydrogen (secondary N) is 1. The molecule has 5 heteroatoms. The molecule has 3 rings (SSSR count). The second-order valence-corrected chi connectivity index (χ2v) is 5.82. The van der Waals surface area contributed by atoms with Crippen LogP contribution in [-0.2, 0) is 16.8 Å². The lowest BCUT2D eigenvalue weighted by Crippen LogP contribution is -2.44. The molecule has 2 atom stereocenters. The smallest absolute Gasteiger partial charge is 0.161 e. The van der Waals surface area contributed by atoms with E-state index in [0.29, 0.717) is 25.5 Å². The summed E-state index contributed by atoms with van der Waals surface area (Å²) in [5.74, 6) is 0.452. The van der Waals surface area contributed by atoms with Gasteiger partial charge in [-0.3, -0.25) is 0 Å². The number of benzene rings is 1. The number of phenols is 2. The summed E-state index contributed by atoms with van der Waals surface area (Å²) in [5, 5.41) is 23.1. The first-order valence-corrected chi connectivity index (χ1v) is 7.25. The molecule has 1 aromatic carbocycles. The highest BCUT2D eigenvalue weighted by Gasteiger charge is 2.40. The molecule has 0 radical (unpaired) electrons. The van der Waals surface area contributed by atoms with Crippen molar-refractivity contribution in [3.63, 3.8) is 0 Å². The summed E-state index contributed by atoms with van der Waals surface area (Å²) in [6.45, 7) is 2.95. The minimum Gasteiger partial charge on any atom is -0.504 e. The lowest BCUT2D eigenvalue weighted by Gasteiger charge is -2.40. The number of phenolic OH excluding ortho intramolecular Hbond substituents is 2. The maximum Gasteiger partial charge on any atom is 0.161 e. The predicted molar refractivity (Wildman–Crippen MR) is 75.8 cm³/mol. The highest BCUT2D eigenvalue weighted by molar-refractivity contribution is 5.52. The Kier molecular flexibility index (Phi) is 3.58. The van der Waals surface area contributed by atoms with Crippen LogP contribution < -0.4 is 11.1 Å². The maximum atomic E-state index is 10.1. The van der Waals surface area contributed by atoms with E-state index >= 15 is 0 Å². The Morgan fingerprint density at radius 1 is 1.40 bits per heavy atom. The van der Waals surface area contributed by atoms with Crippen LogP contribution in [0, 0.1) is 5.92 Å². The largest absolute Gasteiger partial charge is 0.504 e. The number of fused-ring (bicyclic) bond motifs is 1. The second kappa shape index (κ2) is 5.24. The van der Waals surface area contributed by atoms with Gasteiger partial charge in [-0.15, -0.1) is 0 Å². The van der Waals surface area contributed by atoms with Gasteiger partial charge in [0.2, 0.25) is 0 Å². The Labute approximate surface area is 118 Å². The molecular formula is C15H22N2O3. The van der Waals surface area contributed by atoms with Gasteiger partial charge in [-0.05, 0) is 49.9 Å². The van der Waals surface area contributed by atoms with Crippen LogP contribution in [-0.4, -0.2) is 36.5 Å². The van der Waals surface area contributed by atoms with Crippen molar-refractivity contribution < 1.29 is 14.9 Å². The number of rotatable bonds is 3. The molecular weight excluding hydrogens is 256 g/mol. The van der Waals surface area contributed by atoms with Gasteiger partial charge in [0, 0.05) is 12.1 Å². The predicted octanol–water partition coefficient (Wildman–Crippen LogP) is 0.824. The topological polar surface area (TPSA) is 87.7 Å². The zero-order valence-electron chi connectivity index (χ0n) is 11.6. The van der Waals surface area contributed by atoms with Gasteiger partial charge in [0.05, 0.1) is 6.61 Å². The molecule has 0 amide bonds. The number of hydrogen-bond donors (Lipinski definition) is 4. The Hall–Kier alpha value is -1.30. The zero-order valence-corrected chi connectivity index (χ0v) is 11.6. The van der Waals surface area contributed by atoms with Gasteiger partial charge in [0.15, 0.2) is 11.5 Å². The second-order valence-electron chi connectivity index (χ2n) is 5.82. The fraction of sp³-hybridized carbons (Fsp3) is 0.600. The summed E-state index contributed by atoms with van der Waals surface area (Å²) < 4.78 is 6.05. The molecule has 0 aliphatic carbocycles. The molecule has 5 nitrogen and oxygen atoms in total. The number of hydrogen-bond acceptors (Lipinski definition) is 5. The molecule has 0 spiro atoms. The van der Waals surface area contributed by atoms with E-state index in [0.717, 1.165) is 37.1 Å². The summed E-state index contributed by atoms with van der Waals surface area (Å²) >= 11 is 0. The van der Waals surface area contributed by atoms with Gasteiger partial charge in [-0.1, -0.05) is 6.07 Å². The molecule has 2 aliphatic heterocycles. The fourth-order valence-corrected chi connectivity index (χ4v) is 3.51. The molecule has 20 heavy (non-hydrogen) atoms. The molecule has 5 N–H and O–H groups in total. The van der Waals surface area contributed by atoms with E-state index in [-0.39, 0.29) is 11.5 Å². The zero-order chi connectivity index (χ0) is 14.2. The Morgan fingerprint density at radius 2 is 2.25 bits per heavy atom. The molecule has 0 aromatic heterocycles. The van der Waals surface area contributed by atoms with Gasteiger partial charge in [-0.2, -0.15) is 0 Å². The number of aromatic hydroxyl groups is 2. The van der Waals surface area contributed by atoms with Crippen molar-refractivity contribution >= 4 is 0 Å². The third kappa shape index (κ3) is 2.16. The SMILES string of the molecule is NCC1(CC2CCNC2)OCCc2c1ccc(O)c2O. The lowest BCUT2D eigenvalue weighted by molar-refractivity contribution is -0.0687. The molecule has 2 heterocycles. The average molecular weight is 278 g/mol. The van der Waals surface area contributed by atoms with Crippen molar-refractivity contribution in [1.82, 2.24) is 5.32 Å². The van der Waals surface area contributed by atoms with Gasteiger partial charge < -0.3 is 26.0 Å². The van der Waals surface area contributed by atoms with Crippen LogP contribution in [0.2, 0.25) is 0 Å². The summed E-state index contributed by atoms with van der Waals surface area (Å²) in [7, 11) is 0. The molecule has 1 fully saturated rings. The molecule has 1 saturated heterocycles. The highest BCUT2D eigenvalue weighted by atomic mass is 16.5. The van der Waals surface area contributed by atoms with E-state index in [9.17, 15) is 10.2 Å². The molecule has 1 aromatic rings. The monoisotopic (exact) mass is 278 g/mol. The van der Waals surface area contributed by atoms with Gasteiger partial charge in [-0.25, -0.2) is 0 Å². The third-order valence-electron chi connectivity index (χ3n) is 4.59. The van der Waals surface area contributed by atoms with Crippen LogP contribution in [0.3, 0.4) is 0 Å². The van der Waals surface area contributed by atoms with E-state index in [1.165, 1.54) is 6.07 Å². The van der Waals surface area contributed by atoms with Crippen molar-refractivity contribution in [2.75, 3.05) is 26.2 Å². The molecule has 110 valence electrons. The van der Waals surface area contributed by atoms with Crippen LogP contribution in [0.4, 0.5) is 0 Å². The molecule has 0 bridgehead atoms. The Morgan fingerprint density at radius 3 is 2.95 bits per heavy atom. The first-order chi connectivity index (χ1) is 9.66. The van der Waals surface area contributed by atoms with E-state index in [1.54, 1.807) is 0 Å². The first kappa shape index (κ1) is 13.7. The summed E-state index contributed by atoms with van der Waals surface area (Å²) in [6.07, 6.45) is 2.60.